The van der Waals surface area contributed by atoms with E-state index in [-0.39, 0.29) is 100 Å². The summed E-state index contributed by atoms with van der Waals surface area (Å²) in [4.78, 5) is 176. The summed E-state index contributed by atoms with van der Waals surface area (Å²) in [6.07, 6.45) is 4.14. The van der Waals surface area contributed by atoms with Crippen LogP contribution in [0.25, 0.3) is 10.8 Å². The zero-order chi connectivity index (χ0) is 84.1. The van der Waals surface area contributed by atoms with Crippen LogP contribution >= 0.6 is 11.6 Å². The summed E-state index contributed by atoms with van der Waals surface area (Å²) in [6.45, 7) is 8.68. The van der Waals surface area contributed by atoms with Crippen LogP contribution in [-0.4, -0.2) is 198 Å². The molecule has 6 aromatic rings. The minimum atomic E-state index is -1.82. The molecule has 0 unspecified atom stereocenters. The zero-order valence-corrected chi connectivity index (χ0v) is 67.5. The second-order valence-electron chi connectivity index (χ2n) is 30.8. The number of nitrogens with one attached hydrogen (secondary N) is 12. The van der Waals surface area contributed by atoms with E-state index in [0.717, 1.165) is 41.2 Å². The Kier molecular flexibility index (Phi) is 34.2. The van der Waals surface area contributed by atoms with Gasteiger partial charge >= 0.3 is 0 Å². The molecule has 0 radical (unpaired) electrons. The molecule has 12 amide bonds. The number of hydrogen-bond acceptors (Lipinski definition) is 16. The van der Waals surface area contributed by atoms with Crippen molar-refractivity contribution in [3.8, 4) is 0 Å². The third kappa shape index (κ3) is 28.2. The average molecular weight is 1630 g/mol. The molecule has 6 aromatic carbocycles. The van der Waals surface area contributed by atoms with Gasteiger partial charge in [-0.25, -0.2) is 0 Å². The van der Waals surface area contributed by atoms with Gasteiger partial charge in [-0.1, -0.05) is 166 Å². The molecule has 30 nitrogen and oxygen atoms in total. The van der Waals surface area contributed by atoms with E-state index in [0.29, 0.717) is 85.1 Å². The lowest BCUT2D eigenvalue weighted by Gasteiger charge is -2.31. The van der Waals surface area contributed by atoms with Gasteiger partial charge in [0.05, 0.1) is 19.8 Å². The van der Waals surface area contributed by atoms with Gasteiger partial charge in [0.25, 0.3) is 0 Å². The van der Waals surface area contributed by atoms with Gasteiger partial charge in [0, 0.05) is 88.4 Å². The summed E-state index contributed by atoms with van der Waals surface area (Å²) in [5.74, 6) is -9.74. The molecule has 0 spiro atoms. The van der Waals surface area contributed by atoms with Crippen molar-refractivity contribution >= 4 is 105 Å². The molecule has 1 saturated carbocycles. The van der Waals surface area contributed by atoms with E-state index in [1.54, 1.807) is 105 Å². The number of nitrogens with zero attached hydrogens (tertiary/aromatic N) is 2. The standard InChI is InChI=1S/C86H111ClN16O14/c1-52(2)43-67(77(108)94-66(21-13-37-91-86(89)90)85(116)103-38-14-22-74(103)84(115)92-53(3)75(88)106)96-78(109)70(48-58-30-35-65(36-31-58)93-54(4)105)98-80(111)71(46-56-23-25-59(26-24-56)50-102-39-41-117-42-40-102)100-83(114)73(51-104)101-82(113)68(45-55-15-7-5-8-16-55)97-79(110)69(47-57-28-33-64(87)34-29-57)99-81(112)72(95-76(107)62-18-9-6-10-19-62)49-60-27-32-61-17-11-12-20-63(61)44-60/h5,7-8,11-12,15-17,20,23-36,44,52-53,62,66-74,104H,6,9-10,13-14,18-19,21-22,37-43,45-51H2,1-4H3,(H2,88,106)(H,92,115)(H,93,105)(H,94,108)(H,95,107)(H,96,109)(H,97,110)(H,98,111)(H,99,112)(H,100,114)(H,101,113)(H4,89,90,91)/t53-,66+,67+,68-,69-,70-,71+,72-,73+,74+/m1/s1. The number of carbonyl (C=O) groups excluding carboxylic acids is 12. The first-order valence-corrected chi connectivity index (χ1v) is 40.6. The normalized spacial score (nSPS) is 16.7. The van der Waals surface area contributed by atoms with Crippen molar-refractivity contribution in [2.45, 2.75) is 191 Å². The first-order valence-electron chi connectivity index (χ1n) is 40.2. The molecule has 0 aromatic heterocycles. The highest BCUT2D eigenvalue weighted by Crippen LogP contribution is 2.26. The first kappa shape index (κ1) is 89.6. The van der Waals surface area contributed by atoms with Crippen LogP contribution in [0.15, 0.2) is 146 Å². The topological polar surface area (TPSA) is 449 Å². The minimum Gasteiger partial charge on any atom is -0.394 e. The third-order valence-corrected chi connectivity index (χ3v) is 21.3. The number of morpholine rings is 1. The zero-order valence-electron chi connectivity index (χ0n) is 66.7. The largest absolute Gasteiger partial charge is 0.394 e. The summed E-state index contributed by atoms with van der Waals surface area (Å²) in [6, 6.07) is 28.8. The summed E-state index contributed by atoms with van der Waals surface area (Å²) >= 11 is 6.34. The predicted octanol–water partition coefficient (Wildman–Crippen LogP) is 3.54. The fraction of sp³-hybridized carbons (Fsp3) is 0.453. The van der Waals surface area contributed by atoms with E-state index in [1.165, 1.54) is 18.7 Å². The summed E-state index contributed by atoms with van der Waals surface area (Å²) in [5.41, 5.74) is 15.3. The van der Waals surface area contributed by atoms with Gasteiger partial charge in [0.2, 0.25) is 70.9 Å². The van der Waals surface area contributed by atoms with Crippen molar-refractivity contribution in [2.24, 2.45) is 23.3 Å². The molecule has 2 heterocycles. The number of aliphatic hydroxyl groups is 1. The van der Waals surface area contributed by atoms with E-state index in [2.05, 4.69) is 63.4 Å². The maximum Gasteiger partial charge on any atom is 0.245 e. The van der Waals surface area contributed by atoms with Crippen LogP contribution in [0.3, 0.4) is 0 Å². The summed E-state index contributed by atoms with van der Waals surface area (Å²) in [5, 5.41) is 51.8. The fourth-order valence-electron chi connectivity index (χ4n) is 14.7. The number of ether oxygens (including phenoxy) is 1. The number of primary amides is 1. The minimum absolute atomic E-state index is 0.00389. The van der Waals surface area contributed by atoms with Crippen LogP contribution in [0.2, 0.25) is 5.02 Å². The summed E-state index contributed by atoms with van der Waals surface area (Å²) < 4.78 is 5.57. The molecular weight excluding hydrogens is 1520 g/mol. The number of guanidine groups is 1. The van der Waals surface area contributed by atoms with E-state index in [9.17, 15) is 33.9 Å². The van der Waals surface area contributed by atoms with Gasteiger partial charge in [-0.2, -0.15) is 0 Å². The van der Waals surface area contributed by atoms with Crippen molar-refractivity contribution in [3.63, 3.8) is 0 Å². The lowest BCUT2D eigenvalue weighted by molar-refractivity contribution is -0.142. The number of fused-ring (bicyclic) bond motifs is 1. The quantitative estimate of drug-likeness (QED) is 0.0149. The number of amides is 12. The van der Waals surface area contributed by atoms with E-state index in [4.69, 9.17) is 33.2 Å². The molecule has 117 heavy (non-hydrogen) atoms. The second-order valence-corrected chi connectivity index (χ2v) is 31.3. The fourth-order valence-corrected chi connectivity index (χ4v) is 14.8. The molecule has 3 fully saturated rings. The predicted molar refractivity (Wildman–Crippen MR) is 443 cm³/mol. The van der Waals surface area contributed by atoms with E-state index < -0.39 is 126 Å². The van der Waals surface area contributed by atoms with Crippen molar-refractivity contribution in [2.75, 3.05) is 51.3 Å². The number of aliphatic hydroxyl groups excluding tert-OH is 1. The maximum absolute atomic E-state index is 15.5. The molecule has 31 heteroatoms. The monoisotopic (exact) mass is 1630 g/mol. The molecule has 626 valence electrons. The number of likely N-dealkylation sites (tertiary alicyclic amines) is 1. The molecule has 1 aliphatic carbocycles. The Hall–Kier alpha value is -11.3. The average Bonchev–Trinajstić information content (AvgIpc) is 1.78. The molecule has 17 N–H and O–H groups in total. The Labute approximate surface area is 686 Å². The number of carbonyl (C=O) groups is 12. The van der Waals surface area contributed by atoms with Gasteiger partial charge in [-0.3, -0.25) is 67.8 Å². The molecule has 0 bridgehead atoms. The number of anilines is 1. The van der Waals surface area contributed by atoms with Crippen molar-refractivity contribution < 1.29 is 67.4 Å². The second kappa shape index (κ2) is 44.7. The van der Waals surface area contributed by atoms with Gasteiger partial charge in [-0.15, -0.1) is 0 Å². The number of nitrogens with two attached hydrogens (primary N) is 2. The Balaban J connectivity index is 0.996. The molecular formula is C86H111ClN16O14. The lowest BCUT2D eigenvalue weighted by Crippen LogP contribution is -2.62. The van der Waals surface area contributed by atoms with E-state index >= 15 is 28.8 Å². The number of rotatable bonds is 40. The lowest BCUT2D eigenvalue weighted by atomic mass is 9.88. The molecule has 2 saturated heterocycles. The third-order valence-electron chi connectivity index (χ3n) is 21.1. The number of hydrogen-bond donors (Lipinski definition) is 15. The Morgan fingerprint density at radius 3 is 1.50 bits per heavy atom. The maximum atomic E-state index is 15.5. The number of benzene rings is 6. The Morgan fingerprint density at radius 1 is 0.496 bits per heavy atom. The van der Waals surface area contributed by atoms with Crippen LogP contribution in [-0.2, 0) is 101 Å². The van der Waals surface area contributed by atoms with Gasteiger partial charge in [0.1, 0.15) is 60.4 Å². The highest BCUT2D eigenvalue weighted by Gasteiger charge is 2.41. The number of halogens is 1. The summed E-state index contributed by atoms with van der Waals surface area (Å²) in [7, 11) is 0. The van der Waals surface area contributed by atoms with Gasteiger partial charge in [-0.05, 0) is 126 Å². The van der Waals surface area contributed by atoms with Crippen molar-refractivity contribution in [1.29, 1.82) is 5.41 Å². The smallest absolute Gasteiger partial charge is 0.245 e. The van der Waals surface area contributed by atoms with Crippen LogP contribution in [0.1, 0.15) is 125 Å². The van der Waals surface area contributed by atoms with Gasteiger partial charge < -0.3 is 84.7 Å². The highest BCUT2D eigenvalue weighted by atomic mass is 35.5. The highest BCUT2D eigenvalue weighted by molar-refractivity contribution is 6.30. The van der Waals surface area contributed by atoms with Crippen LogP contribution in [0.5, 0.6) is 0 Å². The van der Waals surface area contributed by atoms with Crippen LogP contribution in [0.4, 0.5) is 5.69 Å². The molecule has 9 rings (SSSR count). The van der Waals surface area contributed by atoms with E-state index in [1.807, 2.05) is 54.6 Å². The Morgan fingerprint density at radius 2 is 0.957 bits per heavy atom. The van der Waals surface area contributed by atoms with Crippen LogP contribution < -0.4 is 70.0 Å². The SMILES string of the molecule is CC(=O)Nc1ccc(C[C@@H](NC(=O)[C@H](Cc2ccc(CN3CCOCC3)cc2)NC(=O)[C@H](CO)NC(=O)[C@@H](Cc2ccccc2)NC(=O)[C@@H](Cc2ccc(Cl)cc2)NC(=O)[C@@H](Cc2ccc3ccccc3c2)NC(=O)C2CCCCC2)C(=O)N[C@@H](CC(C)C)C(=O)N[C@@H](CCCNC(=N)N)C(=O)N2CCC[C@H]2C(=O)N[C@H](C)C(N)=O)cc1. The molecule has 3 aliphatic rings. The molecule has 10 atom stereocenters. The molecule has 2 aliphatic heterocycles. The van der Waals surface area contributed by atoms with Gasteiger partial charge in [0.15, 0.2) is 5.96 Å². The van der Waals surface area contributed by atoms with Crippen LogP contribution in [0, 0.1) is 17.2 Å². The first-order chi connectivity index (χ1) is 56.1. The Bertz CT molecular complexity index is 4410. The van der Waals surface area contributed by atoms with Crippen molar-refractivity contribution in [3.05, 3.63) is 184 Å². The van der Waals surface area contributed by atoms with Crippen molar-refractivity contribution in [1.82, 2.24) is 63.0 Å².